The van der Waals surface area contributed by atoms with Crippen LogP contribution in [0.5, 0.6) is 0 Å². The molecule has 6 saturated carbocycles. The van der Waals surface area contributed by atoms with Crippen molar-refractivity contribution >= 4 is 17.0 Å². The van der Waals surface area contributed by atoms with Gasteiger partial charge in [0.2, 0.25) is 0 Å². The van der Waals surface area contributed by atoms with Crippen LogP contribution in [0.3, 0.4) is 0 Å². The van der Waals surface area contributed by atoms with Crippen molar-refractivity contribution in [1.82, 2.24) is 0 Å². The Morgan fingerprint density at radius 1 is 0.783 bits per heavy atom. The average molecular weight is 433 g/mol. The molecule has 128 valence electrons. The molecule has 0 heterocycles. The fourth-order valence-electron chi connectivity index (χ4n) is 7.43. The van der Waals surface area contributed by atoms with Gasteiger partial charge in [0, 0.05) is 0 Å². The van der Waals surface area contributed by atoms with Gasteiger partial charge < -0.3 is 0 Å². The Hall–Kier alpha value is 1.46. The molecule has 0 aromatic rings. The second-order valence-corrected chi connectivity index (χ2v) is 12.6. The number of hydrogen-bond acceptors (Lipinski definition) is 0. The summed E-state index contributed by atoms with van der Waals surface area (Å²) in [5.41, 5.74) is 0. The summed E-state index contributed by atoms with van der Waals surface area (Å²) in [6, 6.07) is 0. The second kappa shape index (κ2) is 8.00. The first-order valence-electron chi connectivity index (χ1n) is 9.98. The number of hydrogen-bond donors (Lipinski definition) is 0. The number of halogens is 2. The normalized spacial score (nSPS) is 48.3. The van der Waals surface area contributed by atoms with E-state index in [4.69, 9.17) is 17.0 Å². The van der Waals surface area contributed by atoms with Crippen LogP contribution >= 0.6 is 17.0 Å². The maximum atomic E-state index is 4.93. The summed E-state index contributed by atoms with van der Waals surface area (Å²) >= 11 is -0.826. The molecule has 6 rings (SSSR count). The van der Waals surface area contributed by atoms with Gasteiger partial charge in [-0.25, -0.2) is 0 Å². The van der Waals surface area contributed by atoms with Gasteiger partial charge in [0.15, 0.2) is 0 Å². The molecule has 7 atom stereocenters. The van der Waals surface area contributed by atoms with Gasteiger partial charge in [0.25, 0.3) is 0 Å². The van der Waals surface area contributed by atoms with E-state index in [-0.39, 0.29) is 0 Å². The Labute approximate surface area is 161 Å². The molecular weight excluding hydrogens is 402 g/mol. The monoisotopic (exact) mass is 430 g/mol. The summed E-state index contributed by atoms with van der Waals surface area (Å²) < 4.78 is 0. The van der Waals surface area contributed by atoms with Crippen molar-refractivity contribution in [2.45, 2.75) is 70.6 Å². The topological polar surface area (TPSA) is 0 Å². The van der Waals surface area contributed by atoms with Crippen molar-refractivity contribution in [3.05, 3.63) is 12.3 Å². The van der Waals surface area contributed by atoms with Gasteiger partial charge in [-0.05, 0) is 118 Å². The number of fused-ring (bicyclic) bond motifs is 10. The van der Waals surface area contributed by atoms with Crippen LogP contribution in [-0.2, 0) is 20.8 Å². The van der Waals surface area contributed by atoms with Crippen molar-refractivity contribution < 1.29 is 20.8 Å². The molecule has 0 saturated heterocycles. The van der Waals surface area contributed by atoms with Gasteiger partial charge >= 0.3 is 37.9 Å². The Morgan fingerprint density at radius 3 is 2.09 bits per heavy atom. The molecule has 4 bridgehead atoms. The SMILES string of the molecule is C1CC2C3CCC(C3)C2C1.[CH]1CCC2[C]1C1CCC2C1.[Cl][Zr][Cl]. The van der Waals surface area contributed by atoms with E-state index in [2.05, 4.69) is 6.42 Å². The van der Waals surface area contributed by atoms with Crippen LogP contribution < -0.4 is 0 Å². The van der Waals surface area contributed by atoms with E-state index >= 15 is 0 Å². The van der Waals surface area contributed by atoms with Crippen LogP contribution in [0.2, 0.25) is 0 Å². The molecule has 2 radical (unpaired) electrons. The molecule has 3 heteroatoms. The fourth-order valence-corrected chi connectivity index (χ4v) is 7.43. The van der Waals surface area contributed by atoms with E-state index in [1.165, 1.54) is 42.9 Å². The first-order chi connectivity index (χ1) is 11.3. The molecule has 0 aromatic heterocycles. The van der Waals surface area contributed by atoms with E-state index in [1.807, 2.05) is 5.92 Å². The fraction of sp³-hybridized carbons (Fsp3) is 0.900. The zero-order valence-electron chi connectivity index (χ0n) is 14.2. The molecule has 0 spiro atoms. The van der Waals surface area contributed by atoms with Gasteiger partial charge in [0.05, 0.1) is 0 Å². The van der Waals surface area contributed by atoms with Crippen molar-refractivity contribution in [2.24, 2.45) is 41.4 Å². The molecular formula is C20H30Cl2Zr. The zero-order chi connectivity index (χ0) is 15.8. The molecule has 0 N–H and O–H groups in total. The van der Waals surface area contributed by atoms with E-state index in [0.29, 0.717) is 0 Å². The van der Waals surface area contributed by atoms with Crippen molar-refractivity contribution in [3.8, 4) is 0 Å². The molecule has 23 heavy (non-hydrogen) atoms. The van der Waals surface area contributed by atoms with Crippen LogP contribution in [0.4, 0.5) is 0 Å². The predicted octanol–water partition coefficient (Wildman–Crippen LogP) is 6.81. The van der Waals surface area contributed by atoms with Crippen molar-refractivity contribution in [2.75, 3.05) is 0 Å². The third-order valence-electron chi connectivity index (χ3n) is 8.15. The molecule has 6 fully saturated rings. The standard InChI is InChI=1S/C10H16.C10H14.2ClH.Zr/c2*1-2-9-7-4-5-8(6-7)10(9)3-1;;;/h7-10H,1-6H2;2,7-8,10H,1,3-6H2;2*1H;/q;;;;+2/p-2. The van der Waals surface area contributed by atoms with Crippen LogP contribution in [-0.4, -0.2) is 0 Å². The summed E-state index contributed by atoms with van der Waals surface area (Å²) in [5, 5.41) is 0. The summed E-state index contributed by atoms with van der Waals surface area (Å²) in [7, 11) is 9.87. The second-order valence-electron chi connectivity index (χ2n) is 8.82. The molecule has 0 aromatic carbocycles. The average Bonchev–Trinajstić information content (AvgIpc) is 3.39. The van der Waals surface area contributed by atoms with Crippen molar-refractivity contribution in [1.29, 1.82) is 0 Å². The Morgan fingerprint density at radius 2 is 1.43 bits per heavy atom. The van der Waals surface area contributed by atoms with Crippen LogP contribution in [0.25, 0.3) is 0 Å². The first-order valence-corrected chi connectivity index (χ1v) is 16.3. The summed E-state index contributed by atoms with van der Waals surface area (Å²) in [5.74, 6) is 9.92. The summed E-state index contributed by atoms with van der Waals surface area (Å²) in [6.07, 6.45) is 19.6. The molecule has 6 aliphatic carbocycles. The Balaban J connectivity index is 0.000000101. The van der Waals surface area contributed by atoms with Crippen LogP contribution in [0.15, 0.2) is 0 Å². The molecule has 7 unspecified atom stereocenters. The molecule has 6 aliphatic rings. The van der Waals surface area contributed by atoms with Gasteiger partial charge in [0.1, 0.15) is 0 Å². The summed E-state index contributed by atoms with van der Waals surface area (Å²) in [4.78, 5) is 0. The van der Waals surface area contributed by atoms with E-state index in [1.54, 1.807) is 51.4 Å². The third-order valence-corrected chi connectivity index (χ3v) is 8.15. The van der Waals surface area contributed by atoms with Crippen molar-refractivity contribution in [3.63, 3.8) is 0 Å². The summed E-state index contributed by atoms with van der Waals surface area (Å²) in [6.45, 7) is 0. The van der Waals surface area contributed by atoms with Crippen LogP contribution in [0.1, 0.15) is 70.6 Å². The first kappa shape index (κ1) is 17.9. The molecule has 0 aliphatic heterocycles. The Kier molecular flexibility index (Phi) is 6.21. The minimum absolute atomic E-state index is 0.826. The molecule has 0 amide bonds. The zero-order valence-corrected chi connectivity index (χ0v) is 18.1. The number of rotatable bonds is 0. The molecule has 0 nitrogen and oxygen atoms in total. The third kappa shape index (κ3) is 3.51. The van der Waals surface area contributed by atoms with Gasteiger partial charge in [-0.15, -0.1) is 0 Å². The van der Waals surface area contributed by atoms with E-state index < -0.39 is 20.8 Å². The van der Waals surface area contributed by atoms with E-state index in [9.17, 15) is 0 Å². The van der Waals surface area contributed by atoms with Gasteiger partial charge in [-0.2, -0.15) is 0 Å². The van der Waals surface area contributed by atoms with Gasteiger partial charge in [-0.3, -0.25) is 0 Å². The maximum absolute atomic E-state index is 4.93. The minimum atomic E-state index is -0.826. The predicted molar refractivity (Wildman–Crippen MR) is 94.5 cm³/mol. The quantitative estimate of drug-likeness (QED) is 0.394. The van der Waals surface area contributed by atoms with Crippen LogP contribution in [0, 0.1) is 53.8 Å². The Bertz CT molecular complexity index is 333. The van der Waals surface area contributed by atoms with E-state index in [0.717, 1.165) is 17.8 Å². The van der Waals surface area contributed by atoms with Gasteiger partial charge in [-0.1, -0.05) is 6.42 Å².